The number of fused-ring (bicyclic) bond motifs is 1. The highest BCUT2D eigenvalue weighted by Crippen LogP contribution is 2.41. The summed E-state index contributed by atoms with van der Waals surface area (Å²) >= 11 is 0. The molecule has 0 aliphatic carbocycles. The predicted molar refractivity (Wildman–Crippen MR) is 110 cm³/mol. The van der Waals surface area contributed by atoms with Gasteiger partial charge in [0.15, 0.2) is 11.5 Å². The number of carbonyl (C=O) groups is 1. The monoisotopic (exact) mass is 375 g/mol. The van der Waals surface area contributed by atoms with Crippen LogP contribution in [0.2, 0.25) is 0 Å². The average Bonchev–Trinajstić information content (AvgIpc) is 2.57. The maximum absolute atomic E-state index is 13.2. The summed E-state index contributed by atoms with van der Waals surface area (Å²) in [5.74, 6) is 2.49. The maximum Gasteiger partial charge on any atom is 0.223 e. The van der Waals surface area contributed by atoms with Crippen molar-refractivity contribution in [2.45, 2.75) is 66.8 Å². The molecule has 4 nitrogen and oxygen atoms in total. The fraction of sp³-hybridized carbons (Fsp3) is 0.696. The lowest BCUT2D eigenvalue weighted by atomic mass is 9.82. The Morgan fingerprint density at radius 1 is 1.15 bits per heavy atom. The highest BCUT2D eigenvalue weighted by atomic mass is 16.5. The summed E-state index contributed by atoms with van der Waals surface area (Å²) in [4.78, 5) is 15.3. The van der Waals surface area contributed by atoms with E-state index in [1.54, 1.807) is 14.2 Å². The SMILES string of the molecule is COc1cc2c(cc1OC)[C@H](C(C)C)N(C(=O)C[C@H](C)CC(C)(C)C)CC2. The lowest BCUT2D eigenvalue weighted by Crippen LogP contribution is -2.42. The van der Waals surface area contributed by atoms with Crippen LogP contribution < -0.4 is 9.47 Å². The topological polar surface area (TPSA) is 38.8 Å². The lowest BCUT2D eigenvalue weighted by Gasteiger charge is -2.41. The van der Waals surface area contributed by atoms with Gasteiger partial charge in [0.05, 0.1) is 20.3 Å². The van der Waals surface area contributed by atoms with Gasteiger partial charge < -0.3 is 14.4 Å². The van der Waals surface area contributed by atoms with Crippen molar-refractivity contribution >= 4 is 5.91 Å². The third-order valence-electron chi connectivity index (χ3n) is 5.36. The molecule has 0 N–H and O–H groups in total. The van der Waals surface area contributed by atoms with Crippen molar-refractivity contribution in [1.29, 1.82) is 0 Å². The van der Waals surface area contributed by atoms with Gasteiger partial charge >= 0.3 is 0 Å². The maximum atomic E-state index is 13.2. The molecule has 2 rings (SSSR count). The molecular formula is C23H37NO3. The molecule has 1 heterocycles. The van der Waals surface area contributed by atoms with Crippen molar-refractivity contribution in [2.75, 3.05) is 20.8 Å². The Labute approximate surface area is 165 Å². The molecule has 0 radical (unpaired) electrons. The molecule has 1 aliphatic rings. The number of benzene rings is 1. The van der Waals surface area contributed by atoms with E-state index in [4.69, 9.17) is 9.47 Å². The van der Waals surface area contributed by atoms with Crippen LogP contribution in [0.25, 0.3) is 0 Å². The van der Waals surface area contributed by atoms with Crippen molar-refractivity contribution in [3.63, 3.8) is 0 Å². The summed E-state index contributed by atoms with van der Waals surface area (Å²) in [6.07, 6.45) is 2.53. The van der Waals surface area contributed by atoms with Gasteiger partial charge in [0.25, 0.3) is 0 Å². The van der Waals surface area contributed by atoms with E-state index in [0.29, 0.717) is 18.3 Å². The fourth-order valence-corrected chi connectivity index (χ4v) is 4.51. The van der Waals surface area contributed by atoms with Crippen molar-refractivity contribution in [1.82, 2.24) is 4.90 Å². The lowest BCUT2D eigenvalue weighted by molar-refractivity contribution is -0.136. The van der Waals surface area contributed by atoms with Crippen LogP contribution in [-0.2, 0) is 11.2 Å². The van der Waals surface area contributed by atoms with E-state index in [-0.39, 0.29) is 17.4 Å². The Hall–Kier alpha value is -1.71. The molecule has 0 fully saturated rings. The Kier molecular flexibility index (Phi) is 6.82. The number of ether oxygens (including phenoxy) is 2. The van der Waals surface area contributed by atoms with E-state index >= 15 is 0 Å². The smallest absolute Gasteiger partial charge is 0.223 e. The highest BCUT2D eigenvalue weighted by molar-refractivity contribution is 5.77. The first kappa shape index (κ1) is 21.6. The van der Waals surface area contributed by atoms with E-state index in [9.17, 15) is 4.79 Å². The summed E-state index contributed by atoms with van der Waals surface area (Å²) in [7, 11) is 3.33. The molecule has 2 atom stereocenters. The molecule has 27 heavy (non-hydrogen) atoms. The van der Waals surface area contributed by atoms with Crippen LogP contribution in [0.3, 0.4) is 0 Å². The van der Waals surface area contributed by atoms with Gasteiger partial charge in [-0.15, -0.1) is 0 Å². The first-order valence-electron chi connectivity index (χ1n) is 10.1. The molecule has 0 saturated heterocycles. The molecule has 1 amide bonds. The zero-order valence-electron chi connectivity index (χ0n) is 18.4. The molecule has 0 aromatic heterocycles. The zero-order chi connectivity index (χ0) is 20.4. The summed E-state index contributed by atoms with van der Waals surface area (Å²) in [5.41, 5.74) is 2.71. The van der Waals surface area contributed by atoms with Gasteiger partial charge in [-0.3, -0.25) is 4.79 Å². The molecule has 152 valence electrons. The minimum absolute atomic E-state index is 0.0860. The number of amides is 1. The molecular weight excluding hydrogens is 338 g/mol. The van der Waals surface area contributed by atoms with Gasteiger partial charge in [-0.25, -0.2) is 0 Å². The van der Waals surface area contributed by atoms with E-state index in [0.717, 1.165) is 30.9 Å². The fourth-order valence-electron chi connectivity index (χ4n) is 4.51. The summed E-state index contributed by atoms with van der Waals surface area (Å²) in [5, 5.41) is 0. The second-order valence-electron chi connectivity index (χ2n) is 9.51. The number of rotatable bonds is 6. The molecule has 0 spiro atoms. The second-order valence-corrected chi connectivity index (χ2v) is 9.51. The molecule has 4 heteroatoms. The van der Waals surface area contributed by atoms with E-state index < -0.39 is 0 Å². The third-order valence-corrected chi connectivity index (χ3v) is 5.36. The molecule has 0 bridgehead atoms. The Morgan fingerprint density at radius 2 is 1.74 bits per heavy atom. The number of hydrogen-bond acceptors (Lipinski definition) is 3. The number of methoxy groups -OCH3 is 2. The van der Waals surface area contributed by atoms with Crippen molar-refractivity contribution in [3.05, 3.63) is 23.3 Å². The van der Waals surface area contributed by atoms with Crippen LogP contribution in [0.5, 0.6) is 11.5 Å². The van der Waals surface area contributed by atoms with Crippen LogP contribution in [0.15, 0.2) is 12.1 Å². The molecule has 1 aromatic rings. The first-order chi connectivity index (χ1) is 12.6. The Morgan fingerprint density at radius 3 is 2.26 bits per heavy atom. The van der Waals surface area contributed by atoms with E-state index in [1.165, 1.54) is 11.1 Å². The van der Waals surface area contributed by atoms with Crippen molar-refractivity contribution in [2.24, 2.45) is 17.3 Å². The normalized spacial score (nSPS) is 18.3. The van der Waals surface area contributed by atoms with Gasteiger partial charge in [0, 0.05) is 13.0 Å². The molecule has 1 aromatic carbocycles. The average molecular weight is 376 g/mol. The standard InChI is InChI=1S/C23H37NO3/c1-15(2)22-18-13-20(27-8)19(26-7)12-17(18)9-10-24(22)21(25)11-16(3)14-23(4,5)6/h12-13,15-16,22H,9-11,14H2,1-8H3/t16-,22-/m0/s1. The van der Waals surface area contributed by atoms with Gasteiger partial charge in [-0.1, -0.05) is 41.5 Å². The summed E-state index contributed by atoms with van der Waals surface area (Å²) in [6.45, 7) is 14.1. The van der Waals surface area contributed by atoms with Gasteiger partial charge in [0.2, 0.25) is 5.91 Å². The van der Waals surface area contributed by atoms with Crippen LogP contribution >= 0.6 is 0 Å². The minimum Gasteiger partial charge on any atom is -0.493 e. The third kappa shape index (κ3) is 5.18. The quantitative estimate of drug-likeness (QED) is 0.682. The number of nitrogens with zero attached hydrogens (tertiary/aromatic N) is 1. The largest absolute Gasteiger partial charge is 0.493 e. The first-order valence-corrected chi connectivity index (χ1v) is 10.1. The molecule has 0 saturated carbocycles. The zero-order valence-corrected chi connectivity index (χ0v) is 18.4. The highest BCUT2D eigenvalue weighted by Gasteiger charge is 2.34. The van der Waals surface area contributed by atoms with E-state index in [1.807, 2.05) is 0 Å². The van der Waals surface area contributed by atoms with Gasteiger partial charge in [-0.05, 0) is 53.4 Å². The van der Waals surface area contributed by atoms with E-state index in [2.05, 4.69) is 58.6 Å². The molecule has 0 unspecified atom stereocenters. The van der Waals surface area contributed by atoms with Crippen LogP contribution in [-0.4, -0.2) is 31.6 Å². The van der Waals surface area contributed by atoms with Gasteiger partial charge in [-0.2, -0.15) is 0 Å². The minimum atomic E-state index is 0.0860. The molecule has 1 aliphatic heterocycles. The van der Waals surface area contributed by atoms with Crippen LogP contribution in [0.4, 0.5) is 0 Å². The number of hydrogen-bond donors (Lipinski definition) is 0. The number of carbonyl (C=O) groups excluding carboxylic acids is 1. The summed E-state index contributed by atoms with van der Waals surface area (Å²) in [6, 6.07) is 4.23. The van der Waals surface area contributed by atoms with Crippen molar-refractivity contribution < 1.29 is 14.3 Å². The Balaban J connectivity index is 2.29. The van der Waals surface area contributed by atoms with Gasteiger partial charge in [0.1, 0.15) is 0 Å². The summed E-state index contributed by atoms with van der Waals surface area (Å²) < 4.78 is 11.0. The second kappa shape index (κ2) is 8.53. The Bertz CT molecular complexity index is 660. The predicted octanol–water partition coefficient (Wildman–Crippen LogP) is 5.25. The van der Waals surface area contributed by atoms with Crippen molar-refractivity contribution in [3.8, 4) is 11.5 Å². The van der Waals surface area contributed by atoms with Crippen LogP contribution in [0, 0.1) is 17.3 Å². The van der Waals surface area contributed by atoms with Crippen LogP contribution in [0.1, 0.15) is 71.6 Å².